The number of nitrogens with zero attached hydrogens (tertiary/aromatic N) is 1. The third kappa shape index (κ3) is 3.42. The average Bonchev–Trinajstić information content (AvgIpc) is 2.63. The summed E-state index contributed by atoms with van der Waals surface area (Å²) < 4.78 is 0. The molecule has 0 saturated carbocycles. The van der Waals surface area contributed by atoms with Crippen molar-refractivity contribution in [2.75, 3.05) is 6.54 Å². The summed E-state index contributed by atoms with van der Waals surface area (Å²) in [5.74, 6) is 0.570. The van der Waals surface area contributed by atoms with Crippen LogP contribution in [0, 0.1) is 0 Å². The minimum absolute atomic E-state index is 0.570. The molecule has 0 saturated heterocycles. The molecule has 24 heavy (non-hydrogen) atoms. The van der Waals surface area contributed by atoms with Crippen LogP contribution in [0.15, 0.2) is 84.9 Å². The highest BCUT2D eigenvalue weighted by Gasteiger charge is 2.25. The molecule has 1 aliphatic rings. The maximum Gasteiger partial charge on any atom is 0.0240 e. The van der Waals surface area contributed by atoms with Gasteiger partial charge in [0.25, 0.3) is 0 Å². The van der Waals surface area contributed by atoms with Gasteiger partial charge in [0, 0.05) is 25.6 Å². The van der Waals surface area contributed by atoms with E-state index in [4.69, 9.17) is 0 Å². The van der Waals surface area contributed by atoms with E-state index < -0.39 is 0 Å². The Hall–Kier alpha value is -2.38. The van der Waals surface area contributed by atoms with Crippen molar-refractivity contribution in [1.29, 1.82) is 0 Å². The first kappa shape index (κ1) is 15.2. The van der Waals surface area contributed by atoms with Crippen LogP contribution >= 0.6 is 0 Å². The first-order valence-electron chi connectivity index (χ1n) is 8.76. The van der Waals surface area contributed by atoms with Crippen molar-refractivity contribution in [3.63, 3.8) is 0 Å². The van der Waals surface area contributed by atoms with Gasteiger partial charge in [-0.25, -0.2) is 0 Å². The van der Waals surface area contributed by atoms with E-state index in [2.05, 4.69) is 89.8 Å². The van der Waals surface area contributed by atoms with E-state index in [9.17, 15) is 0 Å². The van der Waals surface area contributed by atoms with Gasteiger partial charge in [-0.1, -0.05) is 84.9 Å². The first-order valence-corrected chi connectivity index (χ1v) is 8.76. The van der Waals surface area contributed by atoms with E-state index in [0.717, 1.165) is 26.1 Å². The van der Waals surface area contributed by atoms with Crippen LogP contribution in [0.2, 0.25) is 0 Å². The summed E-state index contributed by atoms with van der Waals surface area (Å²) in [5.41, 5.74) is 5.85. The smallest absolute Gasteiger partial charge is 0.0240 e. The Morgan fingerprint density at radius 3 is 2.08 bits per heavy atom. The number of benzene rings is 3. The summed E-state index contributed by atoms with van der Waals surface area (Å²) in [6, 6.07) is 30.7. The summed E-state index contributed by atoms with van der Waals surface area (Å²) in [6.45, 7) is 3.21. The largest absolute Gasteiger partial charge is 0.294 e. The van der Waals surface area contributed by atoms with Crippen LogP contribution in [0.5, 0.6) is 0 Å². The lowest BCUT2D eigenvalue weighted by Crippen LogP contribution is -2.34. The molecule has 0 N–H and O–H groups in total. The first-order chi connectivity index (χ1) is 11.9. The molecule has 0 spiro atoms. The summed E-state index contributed by atoms with van der Waals surface area (Å²) in [7, 11) is 0. The fourth-order valence-electron chi connectivity index (χ4n) is 3.83. The molecule has 0 aromatic heterocycles. The van der Waals surface area contributed by atoms with Crippen LogP contribution in [0.1, 0.15) is 28.2 Å². The van der Waals surface area contributed by atoms with Crippen molar-refractivity contribution >= 4 is 0 Å². The zero-order valence-electron chi connectivity index (χ0n) is 13.9. The monoisotopic (exact) mass is 313 g/mol. The maximum absolute atomic E-state index is 2.59. The highest BCUT2D eigenvalue weighted by Crippen LogP contribution is 2.31. The molecule has 0 bridgehead atoms. The third-order valence-corrected chi connectivity index (χ3v) is 4.94. The second kappa shape index (κ2) is 7.02. The van der Waals surface area contributed by atoms with E-state index in [1.165, 1.54) is 22.3 Å². The van der Waals surface area contributed by atoms with E-state index >= 15 is 0 Å². The topological polar surface area (TPSA) is 3.24 Å². The molecule has 0 fully saturated rings. The molecule has 3 aromatic carbocycles. The molecule has 0 radical (unpaired) electrons. The summed E-state index contributed by atoms with van der Waals surface area (Å²) in [4.78, 5) is 2.59. The van der Waals surface area contributed by atoms with Crippen molar-refractivity contribution < 1.29 is 0 Å². The van der Waals surface area contributed by atoms with Crippen LogP contribution < -0.4 is 0 Å². The molecular formula is C23H23N. The fraction of sp³-hybridized carbons (Fsp3) is 0.217. The minimum atomic E-state index is 0.570. The van der Waals surface area contributed by atoms with Crippen LogP contribution in [0.3, 0.4) is 0 Å². The number of rotatable bonds is 4. The molecule has 1 atom stereocenters. The Balaban J connectivity index is 1.58. The van der Waals surface area contributed by atoms with Crippen molar-refractivity contribution in [3.05, 3.63) is 107 Å². The van der Waals surface area contributed by atoms with E-state index in [-0.39, 0.29) is 0 Å². The molecule has 1 unspecified atom stereocenters. The van der Waals surface area contributed by atoms with Crippen molar-refractivity contribution in [1.82, 2.24) is 4.90 Å². The van der Waals surface area contributed by atoms with Gasteiger partial charge in [0.1, 0.15) is 0 Å². The van der Waals surface area contributed by atoms with Gasteiger partial charge in [-0.15, -0.1) is 0 Å². The number of hydrogen-bond acceptors (Lipinski definition) is 1. The highest BCUT2D eigenvalue weighted by atomic mass is 15.1. The van der Waals surface area contributed by atoms with Crippen molar-refractivity contribution in [2.45, 2.75) is 25.4 Å². The Labute approximate surface area is 144 Å². The van der Waals surface area contributed by atoms with Gasteiger partial charge in [-0.2, -0.15) is 0 Å². The molecule has 1 heteroatoms. The molecule has 0 aliphatic carbocycles. The summed E-state index contributed by atoms with van der Waals surface area (Å²) in [6.07, 6.45) is 1.11. The standard InChI is InChI=1S/C23H23N/c1-3-9-19(10-4-1)15-22-18-24(16-20-11-5-2-6-12-20)17-21-13-7-8-14-23(21)22/h1-14,22H,15-18H2. The molecule has 0 amide bonds. The molecule has 120 valence electrons. The molecule has 1 nitrogen and oxygen atoms in total. The van der Waals surface area contributed by atoms with E-state index in [1.54, 1.807) is 0 Å². The van der Waals surface area contributed by atoms with Gasteiger partial charge in [-0.05, 0) is 28.7 Å². The molecule has 4 rings (SSSR count). The van der Waals surface area contributed by atoms with Crippen LogP contribution in [0.4, 0.5) is 0 Å². The van der Waals surface area contributed by atoms with Crippen molar-refractivity contribution in [2.24, 2.45) is 0 Å². The van der Waals surface area contributed by atoms with Gasteiger partial charge in [-0.3, -0.25) is 4.90 Å². The Kier molecular flexibility index (Phi) is 4.44. The van der Waals surface area contributed by atoms with Gasteiger partial charge in [0.05, 0.1) is 0 Å². The summed E-state index contributed by atoms with van der Waals surface area (Å²) >= 11 is 0. The average molecular weight is 313 g/mol. The number of fused-ring (bicyclic) bond motifs is 1. The molecule has 1 aliphatic heterocycles. The lowest BCUT2D eigenvalue weighted by atomic mass is 9.85. The predicted molar refractivity (Wildman–Crippen MR) is 99.9 cm³/mol. The zero-order chi connectivity index (χ0) is 16.2. The SMILES string of the molecule is c1ccc(CC2CN(Cc3ccccc3)Cc3ccccc32)cc1. The second-order valence-corrected chi connectivity index (χ2v) is 6.74. The van der Waals surface area contributed by atoms with Crippen molar-refractivity contribution in [3.8, 4) is 0 Å². The second-order valence-electron chi connectivity index (χ2n) is 6.74. The number of hydrogen-bond donors (Lipinski definition) is 0. The zero-order valence-corrected chi connectivity index (χ0v) is 13.9. The van der Waals surface area contributed by atoms with E-state index in [0.29, 0.717) is 5.92 Å². The van der Waals surface area contributed by atoms with Crippen LogP contribution in [-0.2, 0) is 19.5 Å². The van der Waals surface area contributed by atoms with Gasteiger partial charge < -0.3 is 0 Å². The summed E-state index contributed by atoms with van der Waals surface area (Å²) in [5, 5.41) is 0. The van der Waals surface area contributed by atoms with Crippen LogP contribution in [0.25, 0.3) is 0 Å². The third-order valence-electron chi connectivity index (χ3n) is 4.94. The van der Waals surface area contributed by atoms with Gasteiger partial charge >= 0.3 is 0 Å². The lowest BCUT2D eigenvalue weighted by Gasteiger charge is -2.35. The highest BCUT2D eigenvalue weighted by molar-refractivity contribution is 5.34. The molecule has 3 aromatic rings. The molecular weight excluding hydrogens is 290 g/mol. The normalized spacial score (nSPS) is 17.4. The Bertz CT molecular complexity index is 779. The minimum Gasteiger partial charge on any atom is -0.294 e. The van der Waals surface area contributed by atoms with Crippen LogP contribution in [-0.4, -0.2) is 11.4 Å². The Morgan fingerprint density at radius 2 is 1.33 bits per heavy atom. The molecule has 1 heterocycles. The van der Waals surface area contributed by atoms with E-state index in [1.807, 2.05) is 0 Å². The quantitative estimate of drug-likeness (QED) is 0.653. The predicted octanol–water partition coefficient (Wildman–Crippen LogP) is 5.03. The Morgan fingerprint density at radius 1 is 0.708 bits per heavy atom. The fourth-order valence-corrected chi connectivity index (χ4v) is 3.83. The van der Waals surface area contributed by atoms with Gasteiger partial charge in [0.2, 0.25) is 0 Å². The van der Waals surface area contributed by atoms with Gasteiger partial charge in [0.15, 0.2) is 0 Å². The maximum atomic E-state index is 2.59. The lowest BCUT2D eigenvalue weighted by molar-refractivity contribution is 0.220.